The van der Waals surface area contributed by atoms with Crippen LogP contribution in [0.4, 0.5) is 0 Å². The van der Waals surface area contributed by atoms with Crippen LogP contribution in [0.5, 0.6) is 0 Å². The van der Waals surface area contributed by atoms with Gasteiger partial charge in [-0.3, -0.25) is 0 Å². The van der Waals surface area contributed by atoms with Crippen LogP contribution in [0.25, 0.3) is 0 Å². The largest absolute Gasteiger partial charge is 0.198 e. The Balaban J connectivity index is 3.04. The van der Waals surface area contributed by atoms with Gasteiger partial charge in [-0.1, -0.05) is 0 Å². The molecule has 0 spiro atoms. The van der Waals surface area contributed by atoms with E-state index in [9.17, 15) is 0 Å². The fourth-order valence-corrected chi connectivity index (χ4v) is 0.715. The molecule has 0 aliphatic rings. The number of hydrogen-bond acceptors (Lipinski definition) is 2. The number of hydrogen-bond donors (Lipinski definition) is 0. The summed E-state index contributed by atoms with van der Waals surface area (Å²) in [7, 11) is 0. The van der Waals surface area contributed by atoms with Gasteiger partial charge in [-0.15, -0.1) is 0 Å². The van der Waals surface area contributed by atoms with Crippen molar-refractivity contribution in [2.75, 3.05) is 12.0 Å². The molecule has 0 rings (SSSR count). The van der Waals surface area contributed by atoms with Crippen molar-refractivity contribution in [3.63, 3.8) is 0 Å². The van der Waals surface area contributed by atoms with E-state index in [0.717, 1.165) is 5.75 Å². The van der Waals surface area contributed by atoms with Crippen LogP contribution in [0.2, 0.25) is 0 Å². The summed E-state index contributed by atoms with van der Waals surface area (Å²) in [5.41, 5.74) is 0. The second kappa shape index (κ2) is 4.01. The standard InChI is InChI=1S/C5H8NS/c1-5(3-6)4-7-2/h5H,1,4H2,2H3. The van der Waals surface area contributed by atoms with Crippen molar-refractivity contribution >= 4 is 11.8 Å². The van der Waals surface area contributed by atoms with Crippen LogP contribution < -0.4 is 0 Å². The molecule has 0 aliphatic heterocycles. The normalized spacial score (nSPS) is 12.7. The van der Waals surface area contributed by atoms with Crippen molar-refractivity contribution in [2.45, 2.75) is 0 Å². The molecule has 0 fully saturated rings. The van der Waals surface area contributed by atoms with E-state index in [-0.39, 0.29) is 5.92 Å². The Kier molecular flexibility index (Phi) is 3.92. The lowest BCUT2D eigenvalue weighted by Crippen LogP contribution is -1.91. The van der Waals surface area contributed by atoms with Gasteiger partial charge in [-0.05, 0) is 13.2 Å². The zero-order valence-corrected chi connectivity index (χ0v) is 5.16. The van der Waals surface area contributed by atoms with E-state index in [1.54, 1.807) is 11.8 Å². The summed E-state index contributed by atoms with van der Waals surface area (Å²) < 4.78 is 0. The van der Waals surface area contributed by atoms with Crippen LogP contribution in [-0.4, -0.2) is 12.0 Å². The quantitative estimate of drug-likeness (QED) is 0.540. The maximum absolute atomic E-state index is 8.14. The smallest absolute Gasteiger partial charge is 0.0664 e. The summed E-state index contributed by atoms with van der Waals surface area (Å²) in [5, 5.41) is 8.14. The van der Waals surface area contributed by atoms with Crippen LogP contribution in [0, 0.1) is 24.2 Å². The highest BCUT2D eigenvalue weighted by Crippen LogP contribution is 2.00. The van der Waals surface area contributed by atoms with Gasteiger partial charge in [0.1, 0.15) is 0 Å². The van der Waals surface area contributed by atoms with Crippen LogP contribution in [0.3, 0.4) is 0 Å². The van der Waals surface area contributed by atoms with E-state index in [0.29, 0.717) is 0 Å². The summed E-state index contributed by atoms with van der Waals surface area (Å²) in [6.07, 6.45) is 1.97. The summed E-state index contributed by atoms with van der Waals surface area (Å²) in [4.78, 5) is 0. The molecule has 1 atom stereocenters. The van der Waals surface area contributed by atoms with Gasteiger partial charge in [0.15, 0.2) is 0 Å². The van der Waals surface area contributed by atoms with Crippen LogP contribution in [0.15, 0.2) is 0 Å². The first kappa shape index (κ1) is 6.84. The van der Waals surface area contributed by atoms with Gasteiger partial charge in [0.2, 0.25) is 0 Å². The van der Waals surface area contributed by atoms with Crippen LogP contribution in [-0.2, 0) is 0 Å². The zero-order valence-electron chi connectivity index (χ0n) is 4.35. The third-order valence-corrected chi connectivity index (χ3v) is 1.29. The van der Waals surface area contributed by atoms with Crippen molar-refractivity contribution in [3.05, 3.63) is 6.92 Å². The third kappa shape index (κ3) is 3.68. The Hall–Kier alpha value is -0.160. The monoisotopic (exact) mass is 114 g/mol. The minimum Gasteiger partial charge on any atom is -0.198 e. The first-order chi connectivity index (χ1) is 3.31. The van der Waals surface area contributed by atoms with Crippen molar-refractivity contribution in [1.29, 1.82) is 5.26 Å². The molecular formula is C5H8NS. The van der Waals surface area contributed by atoms with Gasteiger partial charge in [-0.2, -0.15) is 17.0 Å². The average molecular weight is 114 g/mol. The van der Waals surface area contributed by atoms with Gasteiger partial charge < -0.3 is 0 Å². The molecule has 1 unspecified atom stereocenters. The first-order valence-electron chi connectivity index (χ1n) is 2.03. The molecule has 0 aromatic heterocycles. The molecule has 0 saturated carbocycles. The van der Waals surface area contributed by atoms with Gasteiger partial charge >= 0.3 is 0 Å². The minimum atomic E-state index is -0.0324. The molecule has 7 heavy (non-hydrogen) atoms. The van der Waals surface area contributed by atoms with E-state index in [1.807, 2.05) is 12.3 Å². The number of nitriles is 1. The molecule has 0 bridgehead atoms. The van der Waals surface area contributed by atoms with E-state index in [4.69, 9.17) is 5.26 Å². The molecule has 0 N–H and O–H groups in total. The highest BCUT2D eigenvalue weighted by Gasteiger charge is 1.93. The number of nitrogens with zero attached hydrogens (tertiary/aromatic N) is 1. The molecule has 0 saturated heterocycles. The molecule has 39 valence electrons. The minimum absolute atomic E-state index is 0.0324. The number of thioether (sulfide) groups is 1. The lowest BCUT2D eigenvalue weighted by Gasteiger charge is -1.92. The molecule has 0 amide bonds. The van der Waals surface area contributed by atoms with E-state index in [2.05, 4.69) is 6.92 Å². The Morgan fingerprint density at radius 1 is 2.00 bits per heavy atom. The first-order valence-corrected chi connectivity index (χ1v) is 3.42. The fraction of sp³-hybridized carbons (Fsp3) is 0.600. The zero-order chi connectivity index (χ0) is 5.70. The van der Waals surface area contributed by atoms with Crippen LogP contribution >= 0.6 is 11.8 Å². The highest BCUT2D eigenvalue weighted by atomic mass is 32.2. The molecule has 1 radical (unpaired) electrons. The van der Waals surface area contributed by atoms with E-state index < -0.39 is 0 Å². The molecule has 0 aromatic carbocycles. The maximum Gasteiger partial charge on any atom is 0.0664 e. The Bertz CT molecular complexity index is 74.6. The predicted molar refractivity (Wildman–Crippen MR) is 32.8 cm³/mol. The van der Waals surface area contributed by atoms with E-state index >= 15 is 0 Å². The SMILES string of the molecule is [CH2]C(C#N)CSC. The lowest BCUT2D eigenvalue weighted by atomic mass is 10.3. The van der Waals surface area contributed by atoms with Gasteiger partial charge in [0, 0.05) is 5.75 Å². The second-order valence-electron chi connectivity index (χ2n) is 1.28. The van der Waals surface area contributed by atoms with Crippen LogP contribution in [0.1, 0.15) is 0 Å². The van der Waals surface area contributed by atoms with Gasteiger partial charge in [0.25, 0.3) is 0 Å². The molecule has 2 heteroatoms. The average Bonchev–Trinajstić information content (AvgIpc) is 1.68. The summed E-state index contributed by atoms with van der Waals surface area (Å²) >= 11 is 1.65. The lowest BCUT2D eigenvalue weighted by molar-refractivity contribution is 0.971. The molecular weight excluding hydrogens is 106 g/mol. The van der Waals surface area contributed by atoms with Crippen molar-refractivity contribution in [1.82, 2.24) is 0 Å². The molecule has 1 nitrogen and oxygen atoms in total. The van der Waals surface area contributed by atoms with Crippen molar-refractivity contribution in [3.8, 4) is 6.07 Å². The highest BCUT2D eigenvalue weighted by molar-refractivity contribution is 7.98. The van der Waals surface area contributed by atoms with E-state index in [1.165, 1.54) is 0 Å². The molecule has 0 heterocycles. The van der Waals surface area contributed by atoms with Crippen molar-refractivity contribution < 1.29 is 0 Å². The molecule has 0 aromatic rings. The van der Waals surface area contributed by atoms with Crippen molar-refractivity contribution in [2.24, 2.45) is 5.92 Å². The number of rotatable bonds is 2. The Morgan fingerprint density at radius 3 is 2.71 bits per heavy atom. The summed E-state index contributed by atoms with van der Waals surface area (Å²) in [5.74, 6) is 0.811. The maximum atomic E-state index is 8.14. The van der Waals surface area contributed by atoms with Gasteiger partial charge in [0.05, 0.1) is 12.0 Å². The molecule has 0 aliphatic carbocycles. The summed E-state index contributed by atoms with van der Waals surface area (Å²) in [6.45, 7) is 3.56. The topological polar surface area (TPSA) is 23.8 Å². The Morgan fingerprint density at radius 2 is 2.57 bits per heavy atom. The van der Waals surface area contributed by atoms with Gasteiger partial charge in [-0.25, -0.2) is 0 Å². The predicted octanol–water partition coefficient (Wildman–Crippen LogP) is 1.32. The third-order valence-electron chi connectivity index (χ3n) is 0.550. The fourth-order valence-electron chi connectivity index (χ4n) is 0.238. The second-order valence-corrected chi connectivity index (χ2v) is 2.19. The summed E-state index contributed by atoms with van der Waals surface area (Å²) in [6, 6.07) is 2.03. The Labute approximate surface area is 48.7 Å².